The molecule has 21 heavy (non-hydrogen) atoms. The van der Waals surface area contributed by atoms with E-state index < -0.39 is 9.84 Å². The molecule has 2 rings (SSSR count). The third kappa shape index (κ3) is 4.18. The summed E-state index contributed by atoms with van der Waals surface area (Å²) in [4.78, 5) is 14.0. The first kappa shape index (κ1) is 15.8. The number of anilines is 1. The number of ether oxygens (including phenoxy) is 1. The molecule has 118 valence electrons. The Morgan fingerprint density at radius 1 is 1.62 bits per heavy atom. The molecule has 8 nitrogen and oxygen atoms in total. The highest BCUT2D eigenvalue weighted by Gasteiger charge is 2.34. The Balaban J connectivity index is 2.06. The summed E-state index contributed by atoms with van der Waals surface area (Å²) in [5.41, 5.74) is 6.04. The molecule has 1 aromatic heterocycles. The first-order valence-corrected chi connectivity index (χ1v) is 8.50. The zero-order valence-corrected chi connectivity index (χ0v) is 12.8. The first-order valence-electron chi connectivity index (χ1n) is 6.68. The van der Waals surface area contributed by atoms with Crippen LogP contribution in [0.1, 0.15) is 6.42 Å². The zero-order valence-electron chi connectivity index (χ0n) is 11.9. The zero-order chi connectivity index (χ0) is 15.5. The lowest BCUT2D eigenvalue weighted by Crippen LogP contribution is -2.44. The molecular weight excluding hydrogens is 296 g/mol. The number of nitrogens with two attached hydrogens (primary N) is 1. The van der Waals surface area contributed by atoms with E-state index in [9.17, 15) is 13.2 Å². The molecule has 1 fully saturated rings. The highest BCUT2D eigenvalue weighted by Crippen LogP contribution is 2.18. The van der Waals surface area contributed by atoms with E-state index in [-0.39, 0.29) is 30.0 Å². The third-order valence-electron chi connectivity index (χ3n) is 3.46. The molecule has 9 heteroatoms. The van der Waals surface area contributed by atoms with Crippen LogP contribution < -0.4 is 5.73 Å². The fraction of sp³-hybridized carbons (Fsp3) is 0.667. The van der Waals surface area contributed by atoms with Crippen molar-refractivity contribution in [1.29, 1.82) is 0 Å². The van der Waals surface area contributed by atoms with Crippen molar-refractivity contribution in [2.24, 2.45) is 0 Å². The van der Waals surface area contributed by atoms with Gasteiger partial charge in [0, 0.05) is 25.9 Å². The largest absolute Gasteiger partial charge is 0.396 e. The normalized spacial score (nSPS) is 20.5. The van der Waals surface area contributed by atoms with Gasteiger partial charge in [-0.1, -0.05) is 0 Å². The molecule has 0 aliphatic carbocycles. The molecule has 0 saturated carbocycles. The van der Waals surface area contributed by atoms with Gasteiger partial charge in [0.1, 0.15) is 6.54 Å². The van der Waals surface area contributed by atoms with E-state index in [4.69, 9.17) is 10.5 Å². The first-order chi connectivity index (χ1) is 9.91. The molecule has 0 spiro atoms. The van der Waals surface area contributed by atoms with Crippen LogP contribution in [0.2, 0.25) is 0 Å². The van der Waals surface area contributed by atoms with Crippen molar-refractivity contribution >= 4 is 21.4 Å². The second-order valence-electron chi connectivity index (χ2n) is 5.11. The van der Waals surface area contributed by atoms with Gasteiger partial charge in [0.25, 0.3) is 0 Å². The van der Waals surface area contributed by atoms with E-state index in [0.717, 1.165) is 0 Å². The summed E-state index contributed by atoms with van der Waals surface area (Å²) in [7, 11) is -1.50. The van der Waals surface area contributed by atoms with Gasteiger partial charge in [0.15, 0.2) is 9.84 Å². The molecule has 0 bridgehead atoms. The number of hydrogen-bond donors (Lipinski definition) is 1. The average molecular weight is 316 g/mol. The Labute approximate surface area is 123 Å². The summed E-state index contributed by atoms with van der Waals surface area (Å²) in [6, 6.07) is -0.287. The Morgan fingerprint density at radius 2 is 2.38 bits per heavy atom. The molecule has 0 aromatic carbocycles. The van der Waals surface area contributed by atoms with Crippen LogP contribution in [0.3, 0.4) is 0 Å². The topological polar surface area (TPSA) is 108 Å². The fourth-order valence-electron chi connectivity index (χ4n) is 2.42. The molecule has 1 aliphatic rings. The SMILES string of the molecule is COCCN(C(=O)Cn1cc(N)cn1)C1CCS(=O)(=O)C1. The minimum atomic E-state index is -3.04. The van der Waals surface area contributed by atoms with Gasteiger partial charge in [0.2, 0.25) is 5.91 Å². The second kappa shape index (κ2) is 6.44. The van der Waals surface area contributed by atoms with Crippen LogP contribution in [-0.2, 0) is 25.9 Å². The van der Waals surface area contributed by atoms with E-state index in [1.54, 1.807) is 18.2 Å². The molecular formula is C12H20N4O4S. The lowest BCUT2D eigenvalue weighted by molar-refractivity contribution is -0.134. The van der Waals surface area contributed by atoms with Crippen LogP contribution in [0.15, 0.2) is 12.4 Å². The van der Waals surface area contributed by atoms with Crippen molar-refractivity contribution in [1.82, 2.24) is 14.7 Å². The number of carbonyl (C=O) groups excluding carboxylic acids is 1. The van der Waals surface area contributed by atoms with Crippen LogP contribution in [0.4, 0.5) is 5.69 Å². The van der Waals surface area contributed by atoms with Crippen LogP contribution in [0.5, 0.6) is 0 Å². The van der Waals surface area contributed by atoms with Gasteiger partial charge in [-0.25, -0.2) is 8.42 Å². The second-order valence-corrected chi connectivity index (χ2v) is 7.34. The van der Waals surface area contributed by atoms with Crippen LogP contribution in [0.25, 0.3) is 0 Å². The molecule has 1 atom stereocenters. The summed E-state index contributed by atoms with van der Waals surface area (Å²) in [6.45, 7) is 0.771. The van der Waals surface area contributed by atoms with E-state index in [1.807, 2.05) is 0 Å². The number of aromatic nitrogens is 2. The van der Waals surface area contributed by atoms with Gasteiger partial charge >= 0.3 is 0 Å². The predicted octanol–water partition coefficient (Wildman–Crippen LogP) is -0.873. The van der Waals surface area contributed by atoms with Crippen molar-refractivity contribution in [3.8, 4) is 0 Å². The Morgan fingerprint density at radius 3 is 2.90 bits per heavy atom. The summed E-state index contributed by atoms with van der Waals surface area (Å²) in [6.07, 6.45) is 3.50. The maximum Gasteiger partial charge on any atom is 0.244 e. The number of hydrogen-bond acceptors (Lipinski definition) is 6. The summed E-state index contributed by atoms with van der Waals surface area (Å²) in [5.74, 6) is -0.0374. The summed E-state index contributed by atoms with van der Waals surface area (Å²) >= 11 is 0. The molecule has 2 heterocycles. The lowest BCUT2D eigenvalue weighted by Gasteiger charge is -2.28. The maximum absolute atomic E-state index is 12.4. The molecule has 1 saturated heterocycles. The van der Waals surface area contributed by atoms with Gasteiger partial charge in [-0.3, -0.25) is 9.48 Å². The van der Waals surface area contributed by atoms with Crippen LogP contribution in [-0.4, -0.2) is 66.8 Å². The van der Waals surface area contributed by atoms with Gasteiger partial charge in [0.05, 0.1) is 30.0 Å². The standard InChI is InChI=1S/C12H20N4O4S/c1-20-4-3-16(11-2-5-21(18,19)9-11)12(17)8-15-7-10(13)6-14-15/h6-7,11H,2-5,8-9,13H2,1H3. The smallest absolute Gasteiger partial charge is 0.244 e. The fourth-order valence-corrected chi connectivity index (χ4v) is 4.15. The quantitative estimate of drug-likeness (QED) is 0.731. The van der Waals surface area contributed by atoms with Crippen molar-refractivity contribution in [2.45, 2.75) is 19.0 Å². The Bertz CT molecular complexity index is 598. The maximum atomic E-state index is 12.4. The average Bonchev–Trinajstić information content (AvgIpc) is 2.96. The van der Waals surface area contributed by atoms with Gasteiger partial charge in [-0.15, -0.1) is 0 Å². The monoisotopic (exact) mass is 316 g/mol. The highest BCUT2D eigenvalue weighted by atomic mass is 32.2. The molecule has 2 N–H and O–H groups in total. The van der Waals surface area contributed by atoms with E-state index in [2.05, 4.69) is 5.10 Å². The van der Waals surface area contributed by atoms with Crippen molar-refractivity contribution in [2.75, 3.05) is 37.5 Å². The number of carbonyl (C=O) groups is 1. The summed E-state index contributed by atoms with van der Waals surface area (Å²) in [5, 5.41) is 3.97. The van der Waals surface area contributed by atoms with Gasteiger partial charge in [-0.05, 0) is 6.42 Å². The molecule has 1 aliphatic heterocycles. The molecule has 1 unspecified atom stereocenters. The predicted molar refractivity (Wildman–Crippen MR) is 77.3 cm³/mol. The van der Waals surface area contributed by atoms with Crippen molar-refractivity contribution < 1.29 is 17.9 Å². The molecule has 0 radical (unpaired) electrons. The summed E-state index contributed by atoms with van der Waals surface area (Å²) < 4.78 is 29.6. The van der Waals surface area contributed by atoms with E-state index in [1.165, 1.54) is 10.9 Å². The van der Waals surface area contributed by atoms with Crippen molar-refractivity contribution in [3.63, 3.8) is 0 Å². The number of nitrogens with zero attached hydrogens (tertiary/aromatic N) is 3. The van der Waals surface area contributed by atoms with Crippen molar-refractivity contribution in [3.05, 3.63) is 12.4 Å². The molecule has 1 amide bonds. The van der Waals surface area contributed by atoms with Gasteiger partial charge < -0.3 is 15.4 Å². The Hall–Kier alpha value is -1.61. The highest BCUT2D eigenvalue weighted by molar-refractivity contribution is 7.91. The lowest BCUT2D eigenvalue weighted by atomic mass is 10.2. The number of amides is 1. The molecule has 1 aromatic rings. The van der Waals surface area contributed by atoms with E-state index in [0.29, 0.717) is 25.3 Å². The van der Waals surface area contributed by atoms with Crippen LogP contribution >= 0.6 is 0 Å². The third-order valence-corrected chi connectivity index (χ3v) is 5.21. The Kier molecular flexibility index (Phi) is 4.84. The number of rotatable bonds is 6. The van der Waals surface area contributed by atoms with E-state index >= 15 is 0 Å². The number of methoxy groups -OCH3 is 1. The number of nitrogen functional groups attached to an aromatic ring is 1. The minimum absolute atomic E-state index is 0.0176. The number of sulfone groups is 1. The minimum Gasteiger partial charge on any atom is -0.396 e. The van der Waals surface area contributed by atoms with Crippen LogP contribution in [0, 0.1) is 0 Å². The van der Waals surface area contributed by atoms with Gasteiger partial charge in [-0.2, -0.15) is 5.10 Å².